The Morgan fingerprint density at radius 3 is 2.29 bits per heavy atom. The van der Waals surface area contributed by atoms with Gasteiger partial charge in [-0.2, -0.15) is 0 Å². The maximum atomic E-state index is 13.1. The highest BCUT2D eigenvalue weighted by Gasteiger charge is 2.54. The van der Waals surface area contributed by atoms with E-state index >= 15 is 0 Å². The molecule has 2 aliphatic carbocycles. The van der Waals surface area contributed by atoms with Crippen LogP contribution in [0.1, 0.15) is 59.3 Å². The highest BCUT2D eigenvalue weighted by atomic mass is 16.3. The number of likely N-dealkylation sites (tertiary alicyclic amines) is 1. The highest BCUT2D eigenvalue weighted by Crippen LogP contribution is 2.35. The molecule has 3 rings (SSSR count). The van der Waals surface area contributed by atoms with Crippen molar-refractivity contribution in [1.82, 2.24) is 20.9 Å². The first kappa shape index (κ1) is 23.2. The third kappa shape index (κ3) is 4.89. The maximum Gasteiger partial charge on any atom is 0.290 e. The molecule has 2 atom stereocenters. The van der Waals surface area contributed by atoms with Crippen LogP contribution in [0.15, 0.2) is 0 Å². The number of nitrogens with one attached hydrogen (secondary N) is 3. The molecule has 1 heterocycles. The number of aliphatic hydroxyl groups excluding tert-OH is 1. The number of carbonyl (C=O) groups excluding carboxylic acids is 5. The molecule has 1 aliphatic heterocycles. The molecule has 10 heteroatoms. The van der Waals surface area contributed by atoms with Crippen molar-refractivity contribution in [2.24, 2.45) is 5.41 Å². The molecule has 3 aliphatic rings. The highest BCUT2D eigenvalue weighted by molar-refractivity contribution is 6.40. The first-order valence-corrected chi connectivity index (χ1v) is 10.8. The van der Waals surface area contributed by atoms with Crippen LogP contribution in [-0.2, 0) is 24.0 Å². The van der Waals surface area contributed by atoms with Crippen molar-refractivity contribution < 1.29 is 29.1 Å². The largest absolute Gasteiger partial charge is 0.393 e. The van der Waals surface area contributed by atoms with Crippen molar-refractivity contribution in [3.8, 4) is 0 Å². The summed E-state index contributed by atoms with van der Waals surface area (Å²) in [6.07, 6.45) is 2.29. The van der Waals surface area contributed by atoms with Crippen LogP contribution in [0.4, 0.5) is 0 Å². The second-order valence-electron chi connectivity index (χ2n) is 9.98. The molecule has 172 valence electrons. The molecule has 4 N–H and O–H groups in total. The average Bonchev–Trinajstić information content (AvgIpc) is 3.33. The van der Waals surface area contributed by atoms with Crippen molar-refractivity contribution in [2.45, 2.75) is 89.1 Å². The molecule has 0 unspecified atom stereocenters. The molecule has 0 aromatic heterocycles. The van der Waals surface area contributed by atoms with Gasteiger partial charge in [-0.25, -0.2) is 0 Å². The molecule has 0 spiro atoms. The number of nitrogens with zero attached hydrogens (tertiary/aromatic N) is 1. The van der Waals surface area contributed by atoms with Gasteiger partial charge < -0.3 is 26.0 Å². The topological polar surface area (TPSA) is 145 Å². The van der Waals surface area contributed by atoms with Crippen LogP contribution in [0.5, 0.6) is 0 Å². The van der Waals surface area contributed by atoms with Gasteiger partial charge in [0.25, 0.3) is 5.91 Å². The van der Waals surface area contributed by atoms with E-state index in [1.165, 1.54) is 4.90 Å². The third-order valence-corrected chi connectivity index (χ3v) is 6.27. The van der Waals surface area contributed by atoms with Crippen LogP contribution < -0.4 is 16.0 Å². The van der Waals surface area contributed by atoms with Crippen LogP contribution >= 0.6 is 0 Å². The van der Waals surface area contributed by atoms with E-state index in [4.69, 9.17) is 0 Å². The molecule has 3 fully saturated rings. The van der Waals surface area contributed by atoms with E-state index in [0.717, 1.165) is 12.8 Å². The average molecular weight is 437 g/mol. The second-order valence-corrected chi connectivity index (χ2v) is 9.98. The third-order valence-electron chi connectivity index (χ3n) is 6.27. The molecule has 31 heavy (non-hydrogen) atoms. The Balaban J connectivity index is 1.72. The zero-order valence-corrected chi connectivity index (χ0v) is 18.3. The Labute approximate surface area is 181 Å². The number of aliphatic hydroxyl groups is 1. The minimum absolute atomic E-state index is 0.00297. The van der Waals surface area contributed by atoms with Crippen LogP contribution in [0.2, 0.25) is 0 Å². The Kier molecular flexibility index (Phi) is 6.40. The summed E-state index contributed by atoms with van der Waals surface area (Å²) in [5.74, 6) is -2.40. The lowest BCUT2D eigenvalue weighted by atomic mass is 9.70. The number of ketones is 1. The lowest BCUT2D eigenvalue weighted by Gasteiger charge is -2.44. The number of rotatable bonds is 8. The zero-order valence-electron chi connectivity index (χ0n) is 18.3. The second kappa shape index (κ2) is 8.57. The van der Waals surface area contributed by atoms with Gasteiger partial charge in [0.15, 0.2) is 0 Å². The van der Waals surface area contributed by atoms with E-state index < -0.39 is 46.7 Å². The number of hydrogen-bond donors (Lipinski definition) is 4. The Morgan fingerprint density at radius 1 is 1.13 bits per heavy atom. The van der Waals surface area contributed by atoms with Crippen LogP contribution in [0.3, 0.4) is 0 Å². The fraction of sp³-hybridized carbons (Fsp3) is 0.762. The zero-order chi connectivity index (χ0) is 23.0. The Hall–Kier alpha value is -2.49. The Morgan fingerprint density at radius 2 is 1.77 bits per heavy atom. The number of carbonyl (C=O) groups is 5. The Bertz CT molecular complexity index is 766. The number of Topliss-reactive ketones (excluding diaryl/α,β-unsaturated/α-hetero) is 1. The molecule has 0 bridgehead atoms. The van der Waals surface area contributed by atoms with E-state index in [-0.39, 0.29) is 24.8 Å². The summed E-state index contributed by atoms with van der Waals surface area (Å²) in [6, 6.07) is -1.61. The molecule has 2 saturated carbocycles. The summed E-state index contributed by atoms with van der Waals surface area (Å²) in [5.41, 5.74) is -2.00. The van der Waals surface area contributed by atoms with Crippen molar-refractivity contribution in [3.05, 3.63) is 0 Å². The summed E-state index contributed by atoms with van der Waals surface area (Å²) in [6.45, 7) is 5.81. The summed E-state index contributed by atoms with van der Waals surface area (Å²) in [7, 11) is 0. The smallest absolute Gasteiger partial charge is 0.290 e. The van der Waals surface area contributed by atoms with Crippen molar-refractivity contribution >= 4 is 29.9 Å². The monoisotopic (exact) mass is 436 g/mol. The van der Waals surface area contributed by atoms with Crippen LogP contribution in [0, 0.1) is 5.41 Å². The summed E-state index contributed by atoms with van der Waals surface area (Å²) in [5, 5.41) is 17.7. The number of amides is 4. The van der Waals surface area contributed by atoms with Gasteiger partial charge in [-0.1, -0.05) is 20.8 Å². The van der Waals surface area contributed by atoms with Gasteiger partial charge in [0, 0.05) is 25.4 Å². The van der Waals surface area contributed by atoms with Gasteiger partial charge in [0.1, 0.15) is 17.6 Å². The molecule has 1 saturated heterocycles. The number of hydrogen-bond acceptors (Lipinski definition) is 6. The van der Waals surface area contributed by atoms with Crippen molar-refractivity contribution in [3.63, 3.8) is 0 Å². The molecule has 10 nitrogen and oxygen atoms in total. The quantitative estimate of drug-likeness (QED) is 0.284. The standard InChI is InChI=1S/C21H32N4O6/c1-20(2,3)15(22-11-26)19(31)25-8-4-5-14(25)17(29)24-21(9-13(27)10-21)16(28)18(30)23-12-6-7-12/h11-15,27H,4-10H2,1-3H3,(H,22,26)(H,23,30)(H,24,29)/t13?,14-,15+,21?/m0/s1. The molecular weight excluding hydrogens is 404 g/mol. The summed E-state index contributed by atoms with van der Waals surface area (Å²) < 4.78 is 0. The molecular formula is C21H32N4O6. The molecule has 0 radical (unpaired) electrons. The molecule has 0 aromatic rings. The van der Waals surface area contributed by atoms with Gasteiger partial charge in [-0.3, -0.25) is 24.0 Å². The van der Waals surface area contributed by atoms with Crippen LogP contribution in [-0.4, -0.2) is 76.2 Å². The van der Waals surface area contributed by atoms with Gasteiger partial charge in [-0.05, 0) is 31.1 Å². The summed E-state index contributed by atoms with van der Waals surface area (Å²) >= 11 is 0. The first-order valence-electron chi connectivity index (χ1n) is 10.8. The lowest BCUT2D eigenvalue weighted by molar-refractivity contribution is -0.152. The van der Waals surface area contributed by atoms with Gasteiger partial charge >= 0.3 is 0 Å². The van der Waals surface area contributed by atoms with E-state index in [1.807, 2.05) is 20.8 Å². The first-order chi connectivity index (χ1) is 14.5. The van der Waals surface area contributed by atoms with Gasteiger partial charge in [0.2, 0.25) is 24.0 Å². The van der Waals surface area contributed by atoms with Crippen LogP contribution in [0.25, 0.3) is 0 Å². The van der Waals surface area contributed by atoms with E-state index in [2.05, 4.69) is 16.0 Å². The van der Waals surface area contributed by atoms with Crippen molar-refractivity contribution in [2.75, 3.05) is 6.54 Å². The van der Waals surface area contributed by atoms with Crippen molar-refractivity contribution in [1.29, 1.82) is 0 Å². The molecule has 0 aromatic carbocycles. The fourth-order valence-electron chi connectivity index (χ4n) is 4.33. The minimum Gasteiger partial charge on any atom is -0.393 e. The van der Waals surface area contributed by atoms with E-state index in [1.54, 1.807) is 0 Å². The summed E-state index contributed by atoms with van der Waals surface area (Å²) in [4.78, 5) is 63.7. The fourth-order valence-corrected chi connectivity index (χ4v) is 4.33. The van der Waals surface area contributed by atoms with Gasteiger partial charge in [-0.15, -0.1) is 0 Å². The maximum absolute atomic E-state index is 13.1. The van der Waals surface area contributed by atoms with Gasteiger partial charge in [0.05, 0.1) is 6.10 Å². The molecule has 4 amide bonds. The minimum atomic E-state index is -1.45. The SMILES string of the molecule is CC(C)(C)[C@H](NC=O)C(=O)N1CCC[C@H]1C(=O)NC1(C(=O)C(=O)NC2CC2)CC(O)C1. The normalized spacial score (nSPS) is 28.8. The predicted molar refractivity (Wildman–Crippen MR) is 109 cm³/mol. The van der Waals surface area contributed by atoms with E-state index in [0.29, 0.717) is 25.8 Å². The van der Waals surface area contributed by atoms with E-state index in [9.17, 15) is 29.1 Å². The lowest BCUT2D eigenvalue weighted by Crippen LogP contribution is -2.69. The predicted octanol–water partition coefficient (Wildman–Crippen LogP) is -1.00.